The predicted octanol–water partition coefficient (Wildman–Crippen LogP) is 9.73. The van der Waals surface area contributed by atoms with Crippen LogP contribution in [0.15, 0.2) is 116 Å². The predicted molar refractivity (Wildman–Crippen MR) is 150 cm³/mol. The van der Waals surface area contributed by atoms with Gasteiger partial charge in [0, 0.05) is 11.9 Å². The van der Waals surface area contributed by atoms with Crippen LogP contribution in [0.4, 0.5) is 5.69 Å². The fourth-order valence-corrected chi connectivity index (χ4v) is 2.99. The molecule has 0 unspecified atom stereocenters. The van der Waals surface area contributed by atoms with E-state index in [9.17, 15) is 0 Å². The van der Waals surface area contributed by atoms with Crippen molar-refractivity contribution < 1.29 is 0 Å². The van der Waals surface area contributed by atoms with Crippen LogP contribution in [0, 0.1) is 6.92 Å². The Labute approximate surface area is 202 Å². The Morgan fingerprint density at radius 3 is 2.00 bits per heavy atom. The number of hydrogen-bond donors (Lipinski definition) is 1. The van der Waals surface area contributed by atoms with Crippen LogP contribution in [0.3, 0.4) is 0 Å². The van der Waals surface area contributed by atoms with E-state index in [4.69, 9.17) is 0 Å². The van der Waals surface area contributed by atoms with E-state index in [0.29, 0.717) is 0 Å². The van der Waals surface area contributed by atoms with Gasteiger partial charge in [0.05, 0.1) is 0 Å². The fourth-order valence-electron chi connectivity index (χ4n) is 2.99. The van der Waals surface area contributed by atoms with Crippen LogP contribution in [0.5, 0.6) is 0 Å². The first-order valence-electron chi connectivity index (χ1n) is 11.9. The van der Waals surface area contributed by atoms with Crippen LogP contribution < -0.4 is 5.32 Å². The van der Waals surface area contributed by atoms with Crippen molar-refractivity contribution in [3.05, 3.63) is 127 Å². The van der Waals surface area contributed by atoms with Gasteiger partial charge in [0.2, 0.25) is 0 Å². The van der Waals surface area contributed by atoms with E-state index in [1.165, 1.54) is 22.3 Å². The maximum atomic E-state index is 3.65. The van der Waals surface area contributed by atoms with Gasteiger partial charge in [0.15, 0.2) is 0 Å². The largest absolute Gasteiger partial charge is 0.362 e. The molecule has 3 aromatic carbocycles. The monoisotopic (exact) mass is 439 g/mol. The summed E-state index contributed by atoms with van der Waals surface area (Å²) in [5, 5.41) is 3.30. The second-order valence-corrected chi connectivity index (χ2v) is 8.18. The quantitative estimate of drug-likeness (QED) is 0.361. The minimum atomic E-state index is 0.200. The molecule has 33 heavy (non-hydrogen) atoms. The van der Waals surface area contributed by atoms with E-state index >= 15 is 0 Å². The first kappa shape index (κ1) is 27.7. The van der Waals surface area contributed by atoms with E-state index in [2.05, 4.69) is 100 Å². The lowest BCUT2D eigenvalue weighted by Gasteiger charge is -2.24. The van der Waals surface area contributed by atoms with E-state index in [-0.39, 0.29) is 5.41 Å². The average Bonchev–Trinajstić information content (AvgIpc) is 2.86. The second-order valence-electron chi connectivity index (χ2n) is 8.18. The van der Waals surface area contributed by atoms with Crippen molar-refractivity contribution in [1.29, 1.82) is 0 Å². The number of rotatable bonds is 7. The maximum absolute atomic E-state index is 3.65. The zero-order valence-corrected chi connectivity index (χ0v) is 21.3. The highest BCUT2D eigenvalue weighted by Crippen LogP contribution is 2.31. The van der Waals surface area contributed by atoms with Gasteiger partial charge in [-0.1, -0.05) is 132 Å². The Kier molecular flexibility index (Phi) is 13.0. The van der Waals surface area contributed by atoms with Gasteiger partial charge < -0.3 is 5.32 Å². The molecule has 0 radical (unpaired) electrons. The minimum Gasteiger partial charge on any atom is -0.362 e. The highest BCUT2D eigenvalue weighted by atomic mass is 14.8. The van der Waals surface area contributed by atoms with Crippen LogP contribution >= 0.6 is 0 Å². The number of aryl methyl sites for hydroxylation is 1. The molecule has 0 aromatic heterocycles. The first-order chi connectivity index (χ1) is 16.0. The molecular formula is C32H41N. The molecular weight excluding hydrogens is 398 g/mol. The maximum Gasteiger partial charge on any atom is 0.0385 e. The smallest absolute Gasteiger partial charge is 0.0385 e. The summed E-state index contributed by atoms with van der Waals surface area (Å²) in [6.45, 7) is 16.6. The third-order valence-electron chi connectivity index (χ3n) is 5.37. The van der Waals surface area contributed by atoms with Crippen LogP contribution in [0.25, 0.3) is 11.1 Å². The Hall–Kier alpha value is -3.32. The lowest BCUT2D eigenvalue weighted by molar-refractivity contribution is 0.506. The van der Waals surface area contributed by atoms with Crippen molar-refractivity contribution in [2.45, 2.75) is 53.4 Å². The summed E-state index contributed by atoms with van der Waals surface area (Å²) in [7, 11) is 0. The number of benzene rings is 3. The summed E-state index contributed by atoms with van der Waals surface area (Å²) in [4.78, 5) is 0. The summed E-state index contributed by atoms with van der Waals surface area (Å²) >= 11 is 0. The molecule has 0 saturated heterocycles. The summed E-state index contributed by atoms with van der Waals surface area (Å²) in [6, 6.07) is 27.6. The van der Waals surface area contributed by atoms with Crippen LogP contribution in [-0.2, 0) is 5.41 Å². The van der Waals surface area contributed by atoms with Gasteiger partial charge in [-0.05, 0) is 53.7 Å². The molecule has 0 amide bonds. The molecule has 3 rings (SSSR count). The molecule has 1 N–H and O–H groups in total. The van der Waals surface area contributed by atoms with Crippen LogP contribution in [0.1, 0.15) is 52.2 Å². The molecule has 0 fully saturated rings. The number of nitrogens with one attached hydrogen (secondary N) is 1. The number of allylic oxidation sites excluding steroid dienone is 4. The van der Waals surface area contributed by atoms with Gasteiger partial charge in [-0.25, -0.2) is 0 Å². The average molecular weight is 440 g/mol. The molecule has 1 heteroatoms. The van der Waals surface area contributed by atoms with Crippen molar-refractivity contribution >= 4 is 5.69 Å². The van der Waals surface area contributed by atoms with Gasteiger partial charge in [-0.15, -0.1) is 0 Å². The SMILES string of the molecule is C=C/C=C\C=C/Nc1cccc(-c2cccc(C(C)(C)CC)c2)c1.CC.Cc1ccccc1. The Bertz CT molecular complexity index is 994. The van der Waals surface area contributed by atoms with Gasteiger partial charge in [-0.2, -0.15) is 0 Å². The summed E-state index contributed by atoms with van der Waals surface area (Å²) in [5.74, 6) is 0. The zero-order valence-electron chi connectivity index (χ0n) is 21.3. The van der Waals surface area contributed by atoms with Crippen LogP contribution in [-0.4, -0.2) is 0 Å². The van der Waals surface area contributed by atoms with E-state index in [0.717, 1.165) is 12.1 Å². The minimum absolute atomic E-state index is 0.200. The lowest BCUT2D eigenvalue weighted by atomic mass is 9.81. The van der Waals surface area contributed by atoms with Crippen molar-refractivity contribution in [2.24, 2.45) is 0 Å². The van der Waals surface area contributed by atoms with Gasteiger partial charge >= 0.3 is 0 Å². The molecule has 0 heterocycles. The third-order valence-corrected chi connectivity index (χ3v) is 5.37. The second kappa shape index (κ2) is 15.5. The van der Waals surface area contributed by atoms with Crippen molar-refractivity contribution in [3.8, 4) is 11.1 Å². The van der Waals surface area contributed by atoms with Gasteiger partial charge in [-0.3, -0.25) is 0 Å². The highest BCUT2D eigenvalue weighted by Gasteiger charge is 2.18. The molecule has 0 saturated carbocycles. The number of anilines is 1. The van der Waals surface area contributed by atoms with Gasteiger partial charge in [0.25, 0.3) is 0 Å². The summed E-state index contributed by atoms with van der Waals surface area (Å²) < 4.78 is 0. The van der Waals surface area contributed by atoms with Gasteiger partial charge in [0.1, 0.15) is 0 Å². The van der Waals surface area contributed by atoms with E-state index < -0.39 is 0 Å². The van der Waals surface area contributed by atoms with Crippen molar-refractivity contribution in [2.75, 3.05) is 5.32 Å². The first-order valence-corrected chi connectivity index (χ1v) is 11.9. The molecule has 0 bridgehead atoms. The van der Waals surface area contributed by atoms with Crippen molar-refractivity contribution in [3.63, 3.8) is 0 Å². The number of hydrogen-bond acceptors (Lipinski definition) is 1. The lowest BCUT2D eigenvalue weighted by Crippen LogP contribution is -2.15. The molecule has 0 atom stereocenters. The molecule has 174 valence electrons. The molecule has 0 spiro atoms. The molecule has 0 aliphatic heterocycles. The van der Waals surface area contributed by atoms with Crippen molar-refractivity contribution in [1.82, 2.24) is 0 Å². The third kappa shape index (κ3) is 10.2. The summed E-state index contributed by atoms with van der Waals surface area (Å²) in [6.07, 6.45) is 10.6. The Balaban J connectivity index is 0.000000508. The standard InChI is InChI=1S/C23H27N.C7H8.C2H6/c1-5-7-8-9-16-24-22-15-11-13-20(18-22)19-12-10-14-21(17-19)23(3,4)6-2;1-7-5-3-2-4-6-7;1-2/h5,7-18,24H,1,6H2,2-4H3;2-6H,1H3;1-2H3/b8-7-,16-9-;;. The summed E-state index contributed by atoms with van der Waals surface area (Å²) in [5.41, 5.74) is 6.47. The van der Waals surface area contributed by atoms with E-state index in [1.807, 2.05) is 56.5 Å². The Morgan fingerprint density at radius 1 is 0.788 bits per heavy atom. The van der Waals surface area contributed by atoms with E-state index in [1.54, 1.807) is 6.08 Å². The molecule has 0 aliphatic carbocycles. The normalized spacial score (nSPS) is 10.7. The highest BCUT2D eigenvalue weighted by molar-refractivity contribution is 5.69. The molecule has 1 nitrogen and oxygen atoms in total. The van der Waals surface area contributed by atoms with Crippen LogP contribution in [0.2, 0.25) is 0 Å². The zero-order chi connectivity index (χ0) is 24.5. The Morgan fingerprint density at radius 2 is 1.42 bits per heavy atom. The topological polar surface area (TPSA) is 12.0 Å². The molecule has 0 aliphatic rings. The molecule has 3 aromatic rings. The fraction of sp³-hybridized carbons (Fsp3) is 0.250.